The van der Waals surface area contributed by atoms with Crippen LogP contribution < -0.4 is 16.0 Å². The van der Waals surface area contributed by atoms with Crippen LogP contribution in [-0.4, -0.2) is 0 Å². The molecule has 0 fully saturated rings. The van der Waals surface area contributed by atoms with Gasteiger partial charge in [0.25, 0.3) is 0 Å². The van der Waals surface area contributed by atoms with Crippen LogP contribution in [0.25, 0.3) is 130 Å². The summed E-state index contributed by atoms with van der Waals surface area (Å²) in [4.78, 5) is 7.85. The highest BCUT2D eigenvalue weighted by Crippen LogP contribution is 2.67. The number of fused-ring (bicyclic) bond motifs is 41. The molecule has 3 aliphatic carbocycles. The average Bonchev–Trinajstić information content (AvgIpc) is 1.51. The molecule has 9 heteroatoms. The van der Waals surface area contributed by atoms with Crippen LogP contribution in [0.1, 0.15) is 66.8 Å². The van der Waals surface area contributed by atoms with Gasteiger partial charge >= 0.3 is 0 Å². The summed E-state index contributed by atoms with van der Waals surface area (Å²) >= 11 is 7.51. The molecule has 21 aromatic carbocycles. The van der Waals surface area contributed by atoms with Crippen LogP contribution in [0.4, 0.5) is 34.1 Å². The summed E-state index contributed by atoms with van der Waals surface area (Å²) in [6, 6.07) is 160. The molecule has 3 aromatic heterocycles. The zero-order valence-corrected chi connectivity index (χ0v) is 74.3. The molecule has 0 bridgehead atoms. The Morgan fingerprint density at radius 2 is 0.530 bits per heavy atom. The highest BCUT2D eigenvalue weighted by Gasteiger charge is 2.54. The minimum atomic E-state index is -0.396. The lowest BCUT2D eigenvalue weighted by atomic mass is 9.67. The molecule has 6 aliphatic rings. The van der Waals surface area contributed by atoms with Crippen molar-refractivity contribution >= 4 is 177 Å². The lowest BCUT2D eigenvalue weighted by Gasteiger charge is -2.40. The van der Waals surface area contributed by atoms with Crippen LogP contribution in [0.2, 0.25) is 0 Å². The zero-order chi connectivity index (χ0) is 86.5. The minimum absolute atomic E-state index is 0.373. The van der Waals surface area contributed by atoms with Crippen LogP contribution in [0.3, 0.4) is 0 Å². The van der Waals surface area contributed by atoms with Crippen LogP contribution in [0, 0.1) is 0 Å². The minimum Gasteiger partial charge on any atom is -0.456 e. The van der Waals surface area contributed by atoms with Crippen LogP contribution in [0.5, 0.6) is 0 Å². The first-order valence-electron chi connectivity index (χ1n) is 45.0. The van der Waals surface area contributed by atoms with Gasteiger partial charge in [0.05, 0.1) is 38.4 Å². The fourth-order valence-corrected chi connectivity index (χ4v) is 27.9. The number of anilines is 6. The van der Waals surface area contributed by atoms with Gasteiger partial charge in [-0.05, 0) is 261 Å². The second-order valence-electron chi connectivity index (χ2n) is 35.2. The van der Waals surface area contributed by atoms with E-state index in [2.05, 4.69) is 453 Å². The van der Waals surface area contributed by atoms with Gasteiger partial charge in [0, 0.05) is 88.5 Å². The Morgan fingerprint density at radius 1 is 0.189 bits per heavy atom. The summed E-state index contributed by atoms with van der Waals surface area (Å²) in [6.45, 7) is 0. The number of hydrogen-bond acceptors (Lipinski definition) is 9. The van der Waals surface area contributed by atoms with Gasteiger partial charge in [-0.3, -0.25) is 0 Å². The maximum atomic E-state index is 6.48. The summed E-state index contributed by atoms with van der Waals surface area (Å²) < 4.78 is 15.5. The van der Waals surface area contributed by atoms with Gasteiger partial charge in [0.15, 0.2) is 0 Å². The lowest BCUT2D eigenvalue weighted by molar-refractivity contribution is 0.669. The summed E-state index contributed by atoms with van der Waals surface area (Å²) in [6.07, 6.45) is 0. The fourth-order valence-electron chi connectivity index (χ4n) is 23.2. The highest BCUT2D eigenvalue weighted by atomic mass is 32.2. The molecule has 0 atom stereocenters. The maximum absolute atomic E-state index is 6.48. The van der Waals surface area contributed by atoms with Gasteiger partial charge < -0.3 is 24.8 Å². The molecule has 0 unspecified atom stereocenters. The molecule has 132 heavy (non-hydrogen) atoms. The first-order valence-corrected chi connectivity index (χ1v) is 48.3. The number of furan rings is 2. The predicted molar refractivity (Wildman–Crippen MR) is 553 cm³/mol. The standard InChI is InChI=1S/2C41H25NOS.C41H25NS2/c1-2-11-27-25(10-1)20-22-30-39-35(17-9-18-36(39)43-40(27)30)42-26-21-23-38-34(24-26)41(33-16-7-8-19-37(33)44-38)31-14-5-3-12-28(31)29-13-4-6-15-32(29)41;1-2-11-27-25(10-1)20-22-36-39(27)40-34(17-9-18-35(40)43-36)42-26-21-23-38-33(24-26)41(32-16-7-8-19-37(32)44-38)30-14-5-3-12-28(30)29-13-4-6-15-31(29)41;1-2-11-26-23-39-30(22-25(26)10-1)40-35(17-9-19-38(40)44-39)42-27-20-21-37-34(24-27)41(33-16-7-8-18-36(33)43-37)31-14-5-3-12-28(31)29-13-4-6-15-32(29)41/h3*1-24,42H. The molecule has 6 heterocycles. The third-order valence-corrected chi connectivity index (χ3v) is 33.1. The van der Waals surface area contributed by atoms with Crippen molar-refractivity contribution in [3.63, 3.8) is 0 Å². The molecule has 24 aromatic rings. The van der Waals surface area contributed by atoms with Crippen molar-refractivity contribution in [2.75, 3.05) is 16.0 Å². The monoisotopic (exact) mass is 1750 g/mol. The molecule has 0 saturated carbocycles. The third kappa shape index (κ3) is 11.0. The Bertz CT molecular complexity index is 8690. The van der Waals surface area contributed by atoms with Crippen molar-refractivity contribution in [1.29, 1.82) is 0 Å². The third-order valence-electron chi connectivity index (χ3n) is 28.5. The number of benzene rings is 21. The summed E-state index contributed by atoms with van der Waals surface area (Å²) in [5, 5.41) is 26.0. The quantitative estimate of drug-likeness (QED) is 0.152. The Balaban J connectivity index is 0.0000000991. The summed E-state index contributed by atoms with van der Waals surface area (Å²) in [5.74, 6) is 0. The van der Waals surface area contributed by atoms with Gasteiger partial charge in [-0.15, -0.1) is 11.3 Å². The Morgan fingerprint density at radius 3 is 0.992 bits per heavy atom. The van der Waals surface area contributed by atoms with Crippen LogP contribution in [0.15, 0.2) is 475 Å². The van der Waals surface area contributed by atoms with E-state index in [1.165, 1.54) is 177 Å². The maximum Gasteiger partial charge on any atom is 0.143 e. The normalized spacial score (nSPS) is 14.0. The first kappa shape index (κ1) is 75.6. The van der Waals surface area contributed by atoms with Gasteiger partial charge in [-0.2, -0.15) is 0 Å². The molecule has 0 saturated heterocycles. The van der Waals surface area contributed by atoms with Gasteiger partial charge in [-0.25, -0.2) is 0 Å². The van der Waals surface area contributed by atoms with Crippen molar-refractivity contribution in [1.82, 2.24) is 0 Å². The molecule has 30 rings (SSSR count). The van der Waals surface area contributed by atoms with E-state index in [0.29, 0.717) is 0 Å². The van der Waals surface area contributed by atoms with Crippen LogP contribution >= 0.6 is 46.6 Å². The fraction of sp³-hybridized carbons (Fsp3) is 0.0244. The lowest BCUT2D eigenvalue weighted by Crippen LogP contribution is -2.32. The molecule has 3 N–H and O–H groups in total. The second-order valence-corrected chi connectivity index (χ2v) is 39.5. The summed E-state index contributed by atoms with van der Waals surface area (Å²) in [5.41, 5.74) is 33.0. The van der Waals surface area contributed by atoms with Crippen LogP contribution in [-0.2, 0) is 16.2 Å². The van der Waals surface area contributed by atoms with Crippen molar-refractivity contribution in [3.05, 3.63) is 504 Å². The topological polar surface area (TPSA) is 62.4 Å². The van der Waals surface area contributed by atoms with E-state index in [1.54, 1.807) is 0 Å². The number of hydrogen-bond donors (Lipinski definition) is 3. The number of thiophene rings is 1. The van der Waals surface area contributed by atoms with E-state index in [1.807, 2.05) is 46.6 Å². The Hall–Kier alpha value is -15.3. The molecule has 618 valence electrons. The first-order chi connectivity index (χ1) is 65.4. The van der Waals surface area contributed by atoms with Gasteiger partial charge in [0.2, 0.25) is 0 Å². The van der Waals surface area contributed by atoms with E-state index >= 15 is 0 Å². The van der Waals surface area contributed by atoms with Crippen molar-refractivity contribution < 1.29 is 8.83 Å². The number of nitrogens with one attached hydrogen (secondary N) is 3. The molecule has 3 spiro atoms. The molecule has 5 nitrogen and oxygen atoms in total. The Kier molecular flexibility index (Phi) is 16.8. The van der Waals surface area contributed by atoms with Crippen molar-refractivity contribution in [2.45, 2.75) is 45.6 Å². The molecule has 3 aliphatic heterocycles. The molecular formula is C123H75N3O2S4. The second kappa shape index (κ2) is 29.3. The van der Waals surface area contributed by atoms with Gasteiger partial charge in [0.1, 0.15) is 22.3 Å². The van der Waals surface area contributed by atoms with E-state index in [9.17, 15) is 0 Å². The molecule has 0 radical (unpaired) electrons. The zero-order valence-electron chi connectivity index (χ0n) is 71.0. The molecule has 0 amide bonds. The van der Waals surface area contributed by atoms with E-state index in [4.69, 9.17) is 8.83 Å². The predicted octanol–water partition coefficient (Wildman–Crippen LogP) is 34.4. The number of rotatable bonds is 6. The largest absolute Gasteiger partial charge is 0.456 e. The highest BCUT2D eigenvalue weighted by molar-refractivity contribution is 8.00. The smallest absolute Gasteiger partial charge is 0.143 e. The SMILES string of the molecule is c1ccc2c(c1)Sc1ccc(Nc3cccc4oc5c6ccccc6ccc5c34)cc1C21c2ccccc2-c2ccccc21.c1ccc2c(c1)Sc1ccc(Nc3cccc4oc5ccc6ccccc6c5c34)cc1C21c2ccccc2-c2ccccc21.c1ccc2c(c1)Sc1ccc(Nc3cccc4sc5cc6ccccc6cc5c34)cc1C21c2ccccc2-c2ccccc21. The molecular weight excluding hydrogens is 1680 g/mol. The summed E-state index contributed by atoms with van der Waals surface area (Å²) in [7, 11) is 0. The van der Waals surface area contributed by atoms with E-state index in [-0.39, 0.29) is 5.41 Å². The average molecular weight is 1760 g/mol. The van der Waals surface area contributed by atoms with Crippen molar-refractivity contribution in [3.8, 4) is 33.4 Å². The van der Waals surface area contributed by atoms with Crippen molar-refractivity contribution in [2.24, 2.45) is 0 Å². The van der Waals surface area contributed by atoms with Gasteiger partial charge in [-0.1, -0.05) is 339 Å². The van der Waals surface area contributed by atoms with E-state index < -0.39 is 10.8 Å². The Labute approximate surface area is 778 Å². The van der Waals surface area contributed by atoms with E-state index in [0.717, 1.165) is 83.4 Å².